The van der Waals surface area contributed by atoms with Gasteiger partial charge < -0.3 is 15.4 Å². The molecule has 0 saturated carbocycles. The second-order valence-electron chi connectivity index (χ2n) is 5.97. The third-order valence-electron chi connectivity index (χ3n) is 3.52. The molecular formula is C19H28IN3OS. The van der Waals surface area contributed by atoms with Gasteiger partial charge in [0.1, 0.15) is 0 Å². The van der Waals surface area contributed by atoms with Gasteiger partial charge in [-0.2, -0.15) is 0 Å². The van der Waals surface area contributed by atoms with E-state index in [-0.39, 0.29) is 30.1 Å². The van der Waals surface area contributed by atoms with Crippen LogP contribution in [-0.4, -0.2) is 19.1 Å². The summed E-state index contributed by atoms with van der Waals surface area (Å²) in [5.41, 5.74) is 2.42. The summed E-state index contributed by atoms with van der Waals surface area (Å²) in [4.78, 5) is 6.91. The molecule has 0 aliphatic heterocycles. The van der Waals surface area contributed by atoms with E-state index in [0.717, 1.165) is 19.0 Å². The van der Waals surface area contributed by atoms with Crippen molar-refractivity contribution in [3.05, 3.63) is 57.3 Å². The number of rotatable bonds is 7. The average Bonchev–Trinajstić information content (AvgIpc) is 2.99. The minimum Gasteiger partial charge on any atom is -0.374 e. The fourth-order valence-electron chi connectivity index (χ4n) is 2.17. The summed E-state index contributed by atoms with van der Waals surface area (Å²) in [5, 5.41) is 6.69. The number of halogens is 1. The summed E-state index contributed by atoms with van der Waals surface area (Å²) in [6.45, 7) is 8.42. The van der Waals surface area contributed by atoms with Crippen LogP contribution in [0.3, 0.4) is 0 Å². The molecule has 2 N–H and O–H groups in total. The maximum Gasteiger partial charge on any atom is 0.191 e. The zero-order valence-electron chi connectivity index (χ0n) is 15.3. The van der Waals surface area contributed by atoms with Gasteiger partial charge in [0, 0.05) is 23.3 Å². The first-order chi connectivity index (χ1) is 11.6. The van der Waals surface area contributed by atoms with E-state index in [4.69, 9.17) is 4.74 Å². The number of hydrogen-bond donors (Lipinski definition) is 2. The molecule has 0 bridgehead atoms. The van der Waals surface area contributed by atoms with Gasteiger partial charge in [-0.05, 0) is 44.0 Å². The standard InChI is InChI=1S/C19H27N3OS.HI/c1-14(2)23-13-17-8-6-16(7-9-17)11-21-19(20-4)22-12-18-10-5-15(3)24-18;/h5-10,14H,11-13H2,1-4H3,(H2,20,21,22);1H. The zero-order chi connectivity index (χ0) is 17.4. The van der Waals surface area contributed by atoms with E-state index in [1.165, 1.54) is 20.9 Å². The van der Waals surface area contributed by atoms with E-state index in [1.54, 1.807) is 18.4 Å². The molecule has 0 atom stereocenters. The van der Waals surface area contributed by atoms with Crippen molar-refractivity contribution < 1.29 is 4.74 Å². The lowest BCUT2D eigenvalue weighted by Gasteiger charge is -2.12. The highest BCUT2D eigenvalue weighted by molar-refractivity contribution is 14.0. The quantitative estimate of drug-likeness (QED) is 0.355. The minimum atomic E-state index is 0. The topological polar surface area (TPSA) is 45.7 Å². The maximum atomic E-state index is 5.62. The summed E-state index contributed by atoms with van der Waals surface area (Å²) in [6.07, 6.45) is 0.257. The van der Waals surface area contributed by atoms with Crippen molar-refractivity contribution in [2.24, 2.45) is 4.99 Å². The number of aliphatic imine (C=N–C) groups is 1. The van der Waals surface area contributed by atoms with Crippen molar-refractivity contribution >= 4 is 41.3 Å². The second kappa shape index (κ2) is 11.5. The second-order valence-corrected chi connectivity index (χ2v) is 7.34. The highest BCUT2D eigenvalue weighted by Gasteiger charge is 2.02. The molecule has 2 aromatic rings. The molecule has 0 aliphatic rings. The SMILES string of the molecule is CN=C(NCc1ccc(COC(C)C)cc1)NCc1ccc(C)s1.I. The Morgan fingerprint density at radius 2 is 1.68 bits per heavy atom. The van der Waals surface area contributed by atoms with Gasteiger partial charge in [0.2, 0.25) is 0 Å². The number of benzene rings is 1. The van der Waals surface area contributed by atoms with Crippen molar-refractivity contribution in [1.82, 2.24) is 10.6 Å². The van der Waals surface area contributed by atoms with Crippen LogP contribution in [0, 0.1) is 6.92 Å². The van der Waals surface area contributed by atoms with E-state index in [0.29, 0.717) is 6.61 Å². The minimum absolute atomic E-state index is 0. The molecule has 0 aliphatic carbocycles. The summed E-state index contributed by atoms with van der Waals surface area (Å²) >= 11 is 1.81. The van der Waals surface area contributed by atoms with E-state index in [1.807, 2.05) is 0 Å². The first kappa shape index (κ1) is 21.9. The van der Waals surface area contributed by atoms with Crippen LogP contribution in [-0.2, 0) is 24.4 Å². The number of ether oxygens (including phenoxy) is 1. The maximum absolute atomic E-state index is 5.62. The Morgan fingerprint density at radius 3 is 2.24 bits per heavy atom. The van der Waals surface area contributed by atoms with Crippen molar-refractivity contribution in [2.45, 2.75) is 46.6 Å². The predicted octanol–water partition coefficient (Wildman–Crippen LogP) is 4.46. The normalized spacial score (nSPS) is 11.3. The largest absolute Gasteiger partial charge is 0.374 e. The summed E-state index contributed by atoms with van der Waals surface area (Å²) in [7, 11) is 1.79. The fourth-order valence-corrected chi connectivity index (χ4v) is 3.00. The van der Waals surface area contributed by atoms with Crippen molar-refractivity contribution in [3.8, 4) is 0 Å². The third kappa shape index (κ3) is 8.20. The van der Waals surface area contributed by atoms with Crippen LogP contribution in [0.5, 0.6) is 0 Å². The van der Waals surface area contributed by atoms with Crippen LogP contribution in [0.1, 0.15) is 34.7 Å². The van der Waals surface area contributed by atoms with Gasteiger partial charge in [0.25, 0.3) is 0 Å². The molecule has 25 heavy (non-hydrogen) atoms. The lowest BCUT2D eigenvalue weighted by Crippen LogP contribution is -2.36. The molecule has 1 aromatic carbocycles. The monoisotopic (exact) mass is 473 g/mol. The van der Waals surface area contributed by atoms with Gasteiger partial charge in [-0.25, -0.2) is 0 Å². The van der Waals surface area contributed by atoms with Crippen LogP contribution in [0.25, 0.3) is 0 Å². The molecule has 138 valence electrons. The van der Waals surface area contributed by atoms with Crippen LogP contribution in [0.2, 0.25) is 0 Å². The smallest absolute Gasteiger partial charge is 0.191 e. The van der Waals surface area contributed by atoms with Gasteiger partial charge >= 0.3 is 0 Å². The van der Waals surface area contributed by atoms with Gasteiger partial charge in [-0.15, -0.1) is 35.3 Å². The zero-order valence-corrected chi connectivity index (χ0v) is 18.5. The summed E-state index contributed by atoms with van der Waals surface area (Å²) < 4.78 is 5.62. The number of aryl methyl sites for hydroxylation is 1. The number of thiophene rings is 1. The first-order valence-electron chi connectivity index (χ1n) is 8.26. The van der Waals surface area contributed by atoms with E-state index in [9.17, 15) is 0 Å². The van der Waals surface area contributed by atoms with E-state index < -0.39 is 0 Å². The van der Waals surface area contributed by atoms with Gasteiger partial charge in [-0.3, -0.25) is 4.99 Å². The predicted molar refractivity (Wildman–Crippen MR) is 118 cm³/mol. The van der Waals surface area contributed by atoms with E-state index in [2.05, 4.69) is 72.8 Å². The number of nitrogens with one attached hydrogen (secondary N) is 2. The van der Waals surface area contributed by atoms with Gasteiger partial charge in [0.05, 0.1) is 19.3 Å². The van der Waals surface area contributed by atoms with Gasteiger partial charge in [-0.1, -0.05) is 24.3 Å². The van der Waals surface area contributed by atoms with Crippen LogP contribution in [0.15, 0.2) is 41.4 Å². The Bertz CT molecular complexity index is 653. The molecule has 0 fully saturated rings. The fraction of sp³-hybridized carbons (Fsp3) is 0.421. The van der Waals surface area contributed by atoms with Gasteiger partial charge in [0.15, 0.2) is 5.96 Å². The Morgan fingerprint density at radius 1 is 1.04 bits per heavy atom. The molecular weight excluding hydrogens is 445 g/mol. The van der Waals surface area contributed by atoms with E-state index >= 15 is 0 Å². The molecule has 0 amide bonds. The molecule has 2 rings (SSSR count). The van der Waals surface area contributed by atoms with Crippen molar-refractivity contribution in [1.29, 1.82) is 0 Å². The average molecular weight is 473 g/mol. The number of hydrogen-bond acceptors (Lipinski definition) is 3. The third-order valence-corrected chi connectivity index (χ3v) is 4.52. The van der Waals surface area contributed by atoms with Crippen LogP contribution < -0.4 is 10.6 Å². The molecule has 0 saturated heterocycles. The molecule has 6 heteroatoms. The Balaban J connectivity index is 0.00000312. The highest BCUT2D eigenvalue weighted by atomic mass is 127. The summed E-state index contributed by atoms with van der Waals surface area (Å²) in [5.74, 6) is 0.813. The first-order valence-corrected chi connectivity index (χ1v) is 9.07. The summed E-state index contributed by atoms with van der Waals surface area (Å²) in [6, 6.07) is 12.8. The van der Waals surface area contributed by atoms with Crippen LogP contribution >= 0.6 is 35.3 Å². The molecule has 1 heterocycles. The van der Waals surface area contributed by atoms with Crippen LogP contribution in [0.4, 0.5) is 0 Å². The molecule has 0 spiro atoms. The Hall–Kier alpha value is -1.12. The molecule has 1 aromatic heterocycles. The Labute approximate surface area is 172 Å². The number of nitrogens with zero attached hydrogens (tertiary/aromatic N) is 1. The molecule has 0 radical (unpaired) electrons. The highest BCUT2D eigenvalue weighted by Crippen LogP contribution is 2.14. The lowest BCUT2D eigenvalue weighted by atomic mass is 10.1. The van der Waals surface area contributed by atoms with Crippen molar-refractivity contribution in [2.75, 3.05) is 7.05 Å². The molecule has 4 nitrogen and oxygen atoms in total. The Kier molecular flexibility index (Phi) is 10.1. The number of guanidine groups is 1. The molecule has 0 unspecified atom stereocenters. The lowest BCUT2D eigenvalue weighted by molar-refractivity contribution is 0.0657. The van der Waals surface area contributed by atoms with Crippen molar-refractivity contribution in [3.63, 3.8) is 0 Å².